The Bertz CT molecular complexity index is 500. The first-order valence-corrected chi connectivity index (χ1v) is 6.62. The molecule has 0 fully saturated rings. The molecule has 0 spiro atoms. The molecule has 0 saturated heterocycles. The molecule has 0 aliphatic carbocycles. The van der Waals surface area contributed by atoms with E-state index in [1.54, 1.807) is 13.3 Å². The van der Waals surface area contributed by atoms with E-state index in [0.29, 0.717) is 6.61 Å². The van der Waals surface area contributed by atoms with Crippen molar-refractivity contribution in [3.05, 3.63) is 54.4 Å². The minimum absolute atomic E-state index is 0.656. The van der Waals surface area contributed by atoms with Gasteiger partial charge in [-0.25, -0.2) is 0 Å². The largest absolute Gasteiger partial charge is 0.497 e. The SMILES string of the molecule is COc1ccc(OCCN(C)Cc2cccnc2)cc1. The van der Waals surface area contributed by atoms with Crippen LogP contribution in [-0.4, -0.2) is 37.2 Å². The molecule has 2 rings (SSSR count). The van der Waals surface area contributed by atoms with Crippen LogP contribution in [-0.2, 0) is 6.54 Å². The summed E-state index contributed by atoms with van der Waals surface area (Å²) in [5.74, 6) is 1.70. The minimum Gasteiger partial charge on any atom is -0.497 e. The lowest BCUT2D eigenvalue weighted by Gasteiger charge is -2.16. The predicted octanol–water partition coefficient (Wildman–Crippen LogP) is 2.60. The number of ether oxygens (including phenoxy) is 2. The van der Waals surface area contributed by atoms with Gasteiger partial charge in [-0.1, -0.05) is 6.07 Å². The highest BCUT2D eigenvalue weighted by Crippen LogP contribution is 2.16. The zero-order chi connectivity index (χ0) is 14.2. The molecule has 0 bridgehead atoms. The molecule has 0 aliphatic rings. The molecule has 4 heteroatoms. The van der Waals surface area contributed by atoms with Crippen LogP contribution in [0.1, 0.15) is 5.56 Å². The summed E-state index contributed by atoms with van der Waals surface area (Å²) in [6.07, 6.45) is 3.68. The average Bonchev–Trinajstić information content (AvgIpc) is 2.49. The lowest BCUT2D eigenvalue weighted by molar-refractivity contribution is 0.232. The molecule has 0 atom stereocenters. The van der Waals surface area contributed by atoms with Gasteiger partial charge in [0, 0.05) is 25.5 Å². The molecule has 0 N–H and O–H groups in total. The molecule has 4 nitrogen and oxygen atoms in total. The summed E-state index contributed by atoms with van der Waals surface area (Å²) < 4.78 is 10.8. The summed E-state index contributed by atoms with van der Waals surface area (Å²) in [5.41, 5.74) is 1.21. The number of hydrogen-bond acceptors (Lipinski definition) is 4. The van der Waals surface area contributed by atoms with Gasteiger partial charge in [0.25, 0.3) is 0 Å². The van der Waals surface area contributed by atoms with Crippen LogP contribution in [0.4, 0.5) is 0 Å². The Labute approximate surface area is 120 Å². The van der Waals surface area contributed by atoms with Crippen LogP contribution in [0, 0.1) is 0 Å². The van der Waals surface area contributed by atoms with Crippen LogP contribution in [0.5, 0.6) is 11.5 Å². The maximum atomic E-state index is 5.70. The van der Waals surface area contributed by atoms with Gasteiger partial charge in [0.2, 0.25) is 0 Å². The maximum absolute atomic E-state index is 5.70. The molecule has 0 saturated carbocycles. The van der Waals surface area contributed by atoms with Crippen LogP contribution in [0.2, 0.25) is 0 Å². The maximum Gasteiger partial charge on any atom is 0.119 e. The monoisotopic (exact) mass is 272 g/mol. The van der Waals surface area contributed by atoms with Crippen molar-refractivity contribution in [1.29, 1.82) is 0 Å². The van der Waals surface area contributed by atoms with Gasteiger partial charge in [0.1, 0.15) is 18.1 Å². The fraction of sp³-hybridized carbons (Fsp3) is 0.312. The molecular weight excluding hydrogens is 252 g/mol. The first-order chi connectivity index (χ1) is 9.78. The lowest BCUT2D eigenvalue weighted by Crippen LogP contribution is -2.23. The average molecular weight is 272 g/mol. The summed E-state index contributed by atoms with van der Waals surface area (Å²) in [5, 5.41) is 0. The summed E-state index contributed by atoms with van der Waals surface area (Å²) >= 11 is 0. The highest BCUT2D eigenvalue weighted by atomic mass is 16.5. The number of likely N-dealkylation sites (N-methyl/N-ethyl adjacent to an activating group) is 1. The topological polar surface area (TPSA) is 34.6 Å². The molecule has 0 radical (unpaired) electrons. The number of rotatable bonds is 7. The Morgan fingerprint density at radius 3 is 2.50 bits per heavy atom. The third kappa shape index (κ3) is 4.55. The number of benzene rings is 1. The molecule has 1 heterocycles. The predicted molar refractivity (Wildman–Crippen MR) is 79.1 cm³/mol. The van der Waals surface area contributed by atoms with Crippen molar-refractivity contribution in [2.45, 2.75) is 6.54 Å². The van der Waals surface area contributed by atoms with E-state index in [1.807, 2.05) is 36.5 Å². The number of hydrogen-bond donors (Lipinski definition) is 0. The van der Waals surface area contributed by atoms with E-state index in [9.17, 15) is 0 Å². The Kier molecular flexibility index (Phi) is 5.38. The summed E-state index contributed by atoms with van der Waals surface area (Å²) in [6.45, 7) is 2.39. The highest BCUT2D eigenvalue weighted by molar-refractivity contribution is 5.31. The molecule has 20 heavy (non-hydrogen) atoms. The second kappa shape index (κ2) is 7.50. The molecule has 0 amide bonds. The smallest absolute Gasteiger partial charge is 0.119 e. The van der Waals surface area contributed by atoms with Gasteiger partial charge in [0.05, 0.1) is 7.11 Å². The van der Waals surface area contributed by atoms with Gasteiger partial charge in [-0.15, -0.1) is 0 Å². The minimum atomic E-state index is 0.656. The zero-order valence-corrected chi connectivity index (χ0v) is 12.0. The molecule has 106 valence electrons. The second-order valence-corrected chi connectivity index (χ2v) is 4.62. The Balaban J connectivity index is 1.72. The number of methoxy groups -OCH3 is 1. The van der Waals surface area contributed by atoms with Gasteiger partial charge < -0.3 is 9.47 Å². The van der Waals surface area contributed by atoms with Crippen LogP contribution < -0.4 is 9.47 Å². The molecule has 0 unspecified atom stereocenters. The molecule has 0 aliphatic heterocycles. The van der Waals surface area contributed by atoms with Crippen molar-refractivity contribution in [1.82, 2.24) is 9.88 Å². The van der Waals surface area contributed by atoms with Crippen LogP contribution in [0.25, 0.3) is 0 Å². The third-order valence-electron chi connectivity index (χ3n) is 2.98. The lowest BCUT2D eigenvalue weighted by atomic mass is 10.3. The summed E-state index contributed by atoms with van der Waals surface area (Å²) in [7, 11) is 3.73. The van der Waals surface area contributed by atoms with E-state index in [1.165, 1.54) is 5.56 Å². The fourth-order valence-electron chi connectivity index (χ4n) is 1.87. The van der Waals surface area contributed by atoms with E-state index >= 15 is 0 Å². The van der Waals surface area contributed by atoms with Gasteiger partial charge in [-0.05, 0) is 42.9 Å². The number of nitrogens with zero attached hydrogens (tertiary/aromatic N) is 2. The van der Waals surface area contributed by atoms with E-state index in [4.69, 9.17) is 9.47 Å². The quantitative estimate of drug-likeness (QED) is 0.776. The van der Waals surface area contributed by atoms with Gasteiger partial charge in [-0.3, -0.25) is 9.88 Å². The fourth-order valence-corrected chi connectivity index (χ4v) is 1.87. The molecule has 2 aromatic rings. The van der Waals surface area contributed by atoms with E-state index in [0.717, 1.165) is 24.6 Å². The van der Waals surface area contributed by atoms with Crippen molar-refractivity contribution in [2.24, 2.45) is 0 Å². The number of aromatic nitrogens is 1. The van der Waals surface area contributed by atoms with E-state index < -0.39 is 0 Å². The first-order valence-electron chi connectivity index (χ1n) is 6.62. The Morgan fingerprint density at radius 2 is 1.85 bits per heavy atom. The van der Waals surface area contributed by atoms with Gasteiger partial charge in [0.15, 0.2) is 0 Å². The standard InChI is InChI=1S/C16H20N2O2/c1-18(13-14-4-3-9-17-12-14)10-11-20-16-7-5-15(19-2)6-8-16/h3-9,12H,10-11,13H2,1-2H3. The van der Waals surface area contributed by atoms with E-state index in [2.05, 4.69) is 23.0 Å². The van der Waals surface area contributed by atoms with Crippen molar-refractivity contribution in [3.8, 4) is 11.5 Å². The van der Waals surface area contributed by atoms with Crippen molar-refractivity contribution >= 4 is 0 Å². The van der Waals surface area contributed by atoms with Gasteiger partial charge in [-0.2, -0.15) is 0 Å². The van der Waals surface area contributed by atoms with E-state index in [-0.39, 0.29) is 0 Å². The molecule has 1 aromatic heterocycles. The van der Waals surface area contributed by atoms with Gasteiger partial charge >= 0.3 is 0 Å². The van der Waals surface area contributed by atoms with Crippen molar-refractivity contribution in [2.75, 3.05) is 27.3 Å². The second-order valence-electron chi connectivity index (χ2n) is 4.62. The van der Waals surface area contributed by atoms with Crippen molar-refractivity contribution < 1.29 is 9.47 Å². The Morgan fingerprint density at radius 1 is 1.10 bits per heavy atom. The highest BCUT2D eigenvalue weighted by Gasteiger charge is 2.01. The van der Waals surface area contributed by atoms with Crippen LogP contribution >= 0.6 is 0 Å². The zero-order valence-electron chi connectivity index (χ0n) is 12.0. The molecule has 1 aromatic carbocycles. The first kappa shape index (κ1) is 14.3. The van der Waals surface area contributed by atoms with Crippen molar-refractivity contribution in [3.63, 3.8) is 0 Å². The normalized spacial score (nSPS) is 10.6. The molecular formula is C16H20N2O2. The third-order valence-corrected chi connectivity index (χ3v) is 2.98. The van der Waals surface area contributed by atoms with Crippen LogP contribution in [0.15, 0.2) is 48.8 Å². The summed E-state index contributed by atoms with van der Waals surface area (Å²) in [6, 6.07) is 11.7. The summed E-state index contributed by atoms with van der Waals surface area (Å²) in [4.78, 5) is 6.32. The number of pyridine rings is 1. The van der Waals surface area contributed by atoms with Crippen LogP contribution in [0.3, 0.4) is 0 Å². The Hall–Kier alpha value is -2.07.